The predicted octanol–water partition coefficient (Wildman–Crippen LogP) is 1.69. The van der Waals surface area contributed by atoms with Crippen LogP contribution >= 0.6 is 11.8 Å². The smallest absolute Gasteiger partial charge is 0.305 e. The largest absolute Gasteiger partial charge is 0.481 e. The number of hydrogen-bond acceptors (Lipinski definition) is 4. The molecule has 1 N–H and O–H groups in total. The Morgan fingerprint density at radius 1 is 1.36 bits per heavy atom. The van der Waals surface area contributed by atoms with E-state index in [-0.39, 0.29) is 31.0 Å². The van der Waals surface area contributed by atoms with Crippen molar-refractivity contribution in [2.45, 2.75) is 25.9 Å². The lowest BCUT2D eigenvalue weighted by Crippen LogP contribution is -2.48. The molecule has 1 aromatic rings. The van der Waals surface area contributed by atoms with Crippen LogP contribution in [0.25, 0.3) is 0 Å². The number of carbonyl (C=O) groups is 3. The zero-order valence-electron chi connectivity index (χ0n) is 13.6. The summed E-state index contributed by atoms with van der Waals surface area (Å²) < 4.78 is 27.3. The quantitative estimate of drug-likeness (QED) is 0.822. The van der Waals surface area contributed by atoms with Gasteiger partial charge in [-0.1, -0.05) is 12.1 Å². The molecular formula is C16H18F2N2O4S. The zero-order valence-corrected chi connectivity index (χ0v) is 14.4. The molecule has 25 heavy (non-hydrogen) atoms. The van der Waals surface area contributed by atoms with Crippen LogP contribution in [0.1, 0.15) is 18.9 Å². The first-order valence-electron chi connectivity index (χ1n) is 7.59. The van der Waals surface area contributed by atoms with Crippen molar-refractivity contribution in [3.8, 4) is 0 Å². The van der Waals surface area contributed by atoms with Gasteiger partial charge in [-0.3, -0.25) is 14.4 Å². The van der Waals surface area contributed by atoms with E-state index in [4.69, 9.17) is 5.11 Å². The summed E-state index contributed by atoms with van der Waals surface area (Å²) in [6.07, 6.45) is -0.331. The van der Waals surface area contributed by atoms with Gasteiger partial charge in [-0.2, -0.15) is 0 Å². The fraction of sp³-hybridized carbons (Fsp3) is 0.438. The Hall–Kier alpha value is -2.16. The Kier molecular flexibility index (Phi) is 6.35. The minimum atomic E-state index is -1.11. The predicted molar refractivity (Wildman–Crippen MR) is 87.7 cm³/mol. The van der Waals surface area contributed by atoms with Crippen LogP contribution in [-0.2, 0) is 20.9 Å². The second kappa shape index (κ2) is 8.28. The van der Waals surface area contributed by atoms with E-state index in [0.29, 0.717) is 11.6 Å². The molecule has 1 atom stereocenters. The second-order valence-electron chi connectivity index (χ2n) is 5.62. The molecule has 1 heterocycles. The fourth-order valence-corrected chi connectivity index (χ4v) is 3.75. The number of hydrogen-bond donors (Lipinski definition) is 1. The van der Waals surface area contributed by atoms with Crippen molar-refractivity contribution in [1.29, 1.82) is 0 Å². The van der Waals surface area contributed by atoms with Gasteiger partial charge in [0.1, 0.15) is 6.04 Å². The molecule has 0 saturated carbocycles. The number of amides is 2. The summed E-state index contributed by atoms with van der Waals surface area (Å²) in [5, 5.41) is 8.87. The molecule has 1 aromatic carbocycles. The van der Waals surface area contributed by atoms with Crippen molar-refractivity contribution >= 4 is 29.5 Å². The molecule has 1 aliphatic heterocycles. The molecule has 0 unspecified atom stereocenters. The van der Waals surface area contributed by atoms with Crippen LogP contribution in [0.4, 0.5) is 8.78 Å². The fourth-order valence-electron chi connectivity index (χ4n) is 2.54. The van der Waals surface area contributed by atoms with Crippen LogP contribution in [0.2, 0.25) is 0 Å². The molecule has 1 fully saturated rings. The number of carbonyl (C=O) groups excluding carboxylic acids is 2. The van der Waals surface area contributed by atoms with Gasteiger partial charge in [0.05, 0.1) is 12.3 Å². The highest BCUT2D eigenvalue weighted by Crippen LogP contribution is 2.24. The number of nitrogens with zero attached hydrogens (tertiary/aromatic N) is 2. The molecule has 0 spiro atoms. The van der Waals surface area contributed by atoms with Gasteiger partial charge >= 0.3 is 5.97 Å². The molecule has 2 amide bonds. The van der Waals surface area contributed by atoms with E-state index in [0.717, 1.165) is 6.07 Å². The summed E-state index contributed by atoms with van der Waals surface area (Å²) in [4.78, 5) is 37.8. The summed E-state index contributed by atoms with van der Waals surface area (Å²) in [5.41, 5.74) is -0.0428. The number of aliphatic carboxylic acids is 1. The van der Waals surface area contributed by atoms with Gasteiger partial charge in [-0.15, -0.1) is 11.8 Å². The Labute approximate surface area is 147 Å². The summed E-state index contributed by atoms with van der Waals surface area (Å²) in [5.74, 6) is -3.20. The van der Waals surface area contributed by atoms with E-state index in [2.05, 4.69) is 0 Å². The lowest BCUT2D eigenvalue weighted by molar-refractivity contribution is -0.144. The molecule has 2 rings (SSSR count). The second-order valence-corrected chi connectivity index (χ2v) is 6.62. The topological polar surface area (TPSA) is 77.9 Å². The van der Waals surface area contributed by atoms with E-state index in [1.54, 1.807) is 0 Å². The zero-order chi connectivity index (χ0) is 18.6. The van der Waals surface area contributed by atoms with E-state index in [1.165, 1.54) is 40.6 Å². The Morgan fingerprint density at radius 3 is 2.72 bits per heavy atom. The van der Waals surface area contributed by atoms with E-state index < -0.39 is 29.6 Å². The monoisotopic (exact) mass is 372 g/mol. The third-order valence-corrected chi connectivity index (χ3v) is 4.88. The minimum Gasteiger partial charge on any atom is -0.481 e. The molecule has 0 aromatic heterocycles. The summed E-state index contributed by atoms with van der Waals surface area (Å²) >= 11 is 1.41. The first-order chi connectivity index (χ1) is 11.8. The standard InChI is InChI=1S/C16H18F2N2O4S/c1-10(21)20-9-25-8-13(20)16(24)19(6-5-14(22)23)7-11-3-2-4-12(17)15(11)18/h2-4,13H,5-9H2,1H3,(H,22,23)/t13-/m0/s1. The summed E-state index contributed by atoms with van der Waals surface area (Å²) in [6.45, 7) is 0.930. The van der Waals surface area contributed by atoms with Crippen molar-refractivity contribution in [3.05, 3.63) is 35.4 Å². The van der Waals surface area contributed by atoms with Gasteiger partial charge in [-0.05, 0) is 6.07 Å². The van der Waals surface area contributed by atoms with Gasteiger partial charge in [0.15, 0.2) is 11.6 Å². The Morgan fingerprint density at radius 2 is 2.08 bits per heavy atom. The lowest BCUT2D eigenvalue weighted by Gasteiger charge is -2.29. The van der Waals surface area contributed by atoms with Gasteiger partial charge in [0.25, 0.3) is 0 Å². The number of carboxylic acids is 1. The molecule has 136 valence electrons. The van der Waals surface area contributed by atoms with Crippen LogP contribution in [0.15, 0.2) is 18.2 Å². The van der Waals surface area contributed by atoms with Crippen LogP contribution in [-0.4, -0.2) is 56.9 Å². The maximum Gasteiger partial charge on any atom is 0.305 e. The first-order valence-corrected chi connectivity index (χ1v) is 8.75. The maximum absolute atomic E-state index is 13.9. The van der Waals surface area contributed by atoms with E-state index in [9.17, 15) is 23.2 Å². The Balaban J connectivity index is 2.22. The van der Waals surface area contributed by atoms with Crippen LogP contribution in [0, 0.1) is 11.6 Å². The van der Waals surface area contributed by atoms with Crippen LogP contribution in [0.5, 0.6) is 0 Å². The lowest BCUT2D eigenvalue weighted by atomic mass is 10.1. The van der Waals surface area contributed by atoms with Crippen molar-refractivity contribution < 1.29 is 28.3 Å². The molecular weight excluding hydrogens is 354 g/mol. The number of thioether (sulfide) groups is 1. The van der Waals surface area contributed by atoms with Crippen molar-refractivity contribution in [3.63, 3.8) is 0 Å². The minimum absolute atomic E-state index is 0.0428. The maximum atomic E-state index is 13.9. The summed E-state index contributed by atoms with van der Waals surface area (Å²) in [7, 11) is 0. The molecule has 6 nitrogen and oxygen atoms in total. The van der Waals surface area contributed by atoms with Gasteiger partial charge in [0.2, 0.25) is 11.8 Å². The van der Waals surface area contributed by atoms with Crippen molar-refractivity contribution in [2.24, 2.45) is 0 Å². The highest BCUT2D eigenvalue weighted by atomic mass is 32.2. The molecule has 0 radical (unpaired) electrons. The third kappa shape index (κ3) is 4.68. The molecule has 1 aliphatic rings. The third-order valence-electron chi connectivity index (χ3n) is 3.87. The van der Waals surface area contributed by atoms with Crippen molar-refractivity contribution in [2.75, 3.05) is 18.2 Å². The number of benzene rings is 1. The first kappa shape index (κ1) is 19.2. The number of rotatable bonds is 6. The molecule has 0 aliphatic carbocycles. The molecule has 0 bridgehead atoms. The highest BCUT2D eigenvalue weighted by Gasteiger charge is 2.36. The SMILES string of the molecule is CC(=O)N1CSC[C@H]1C(=O)N(CCC(=O)O)Cc1cccc(F)c1F. The molecule has 1 saturated heterocycles. The van der Waals surface area contributed by atoms with Crippen molar-refractivity contribution in [1.82, 2.24) is 9.80 Å². The van der Waals surface area contributed by atoms with Gasteiger partial charge in [-0.25, -0.2) is 8.78 Å². The molecule has 9 heteroatoms. The highest BCUT2D eigenvalue weighted by molar-refractivity contribution is 7.99. The number of halogens is 2. The average molecular weight is 372 g/mol. The van der Waals surface area contributed by atoms with Crippen LogP contribution in [0.3, 0.4) is 0 Å². The van der Waals surface area contributed by atoms with Gasteiger partial charge < -0.3 is 14.9 Å². The Bertz CT molecular complexity index is 686. The normalized spacial score (nSPS) is 16.8. The average Bonchev–Trinajstić information content (AvgIpc) is 3.04. The van der Waals surface area contributed by atoms with E-state index in [1.807, 2.05) is 0 Å². The number of carboxylic acid groups (broad SMARTS) is 1. The van der Waals surface area contributed by atoms with E-state index >= 15 is 0 Å². The summed E-state index contributed by atoms with van der Waals surface area (Å²) in [6, 6.07) is 2.90. The van der Waals surface area contributed by atoms with Gasteiger partial charge in [0, 0.05) is 31.3 Å². The van der Waals surface area contributed by atoms with Crippen LogP contribution < -0.4 is 0 Å².